The van der Waals surface area contributed by atoms with E-state index in [1.54, 1.807) is 42.9 Å². The molecule has 8 nitrogen and oxygen atoms in total. The molecule has 0 radical (unpaired) electrons. The first kappa shape index (κ1) is 19.3. The number of amides is 1. The number of fused-ring (bicyclic) bond motifs is 1. The predicted octanol–water partition coefficient (Wildman–Crippen LogP) is 2.71. The molecule has 3 heterocycles. The Morgan fingerprint density at radius 3 is 2.73 bits per heavy atom. The highest BCUT2D eigenvalue weighted by atomic mass is 16.5. The number of pyridine rings is 2. The van der Waals surface area contributed by atoms with Gasteiger partial charge in [0.05, 0.1) is 17.2 Å². The van der Waals surface area contributed by atoms with Crippen molar-refractivity contribution in [2.75, 3.05) is 5.32 Å². The van der Waals surface area contributed by atoms with Gasteiger partial charge in [-0.3, -0.25) is 19.1 Å². The van der Waals surface area contributed by atoms with Crippen LogP contribution in [0, 0.1) is 6.92 Å². The molecule has 30 heavy (non-hydrogen) atoms. The normalized spacial score (nSPS) is 10.7. The molecule has 1 amide bonds. The van der Waals surface area contributed by atoms with E-state index in [1.807, 2.05) is 25.1 Å². The third kappa shape index (κ3) is 4.17. The summed E-state index contributed by atoms with van der Waals surface area (Å²) >= 11 is 0. The summed E-state index contributed by atoms with van der Waals surface area (Å²) < 4.78 is 7.06. The molecule has 0 atom stereocenters. The minimum absolute atomic E-state index is 0.184. The number of carbonyl (C=O) groups excluding carboxylic acids is 1. The zero-order valence-electron chi connectivity index (χ0n) is 16.3. The molecule has 0 aliphatic rings. The molecule has 0 aliphatic heterocycles. The summed E-state index contributed by atoms with van der Waals surface area (Å²) in [7, 11) is 0. The fraction of sp³-hybridized carbons (Fsp3) is 0.136. The van der Waals surface area contributed by atoms with Crippen LogP contribution >= 0.6 is 0 Å². The van der Waals surface area contributed by atoms with E-state index in [2.05, 4.69) is 20.3 Å². The highest BCUT2D eigenvalue weighted by Gasteiger charge is 2.12. The van der Waals surface area contributed by atoms with Crippen LogP contribution in [0.3, 0.4) is 0 Å². The van der Waals surface area contributed by atoms with Gasteiger partial charge in [-0.05, 0) is 48.4 Å². The number of ether oxygens (including phenoxy) is 1. The molecule has 1 aromatic carbocycles. The number of hydrogen-bond acceptors (Lipinski definition) is 6. The topological polar surface area (TPSA) is 99.0 Å². The van der Waals surface area contributed by atoms with Gasteiger partial charge in [0.15, 0.2) is 11.6 Å². The molecular formula is C22H19N5O3. The number of benzene rings is 1. The lowest BCUT2D eigenvalue weighted by Gasteiger charge is -2.12. The average molecular weight is 401 g/mol. The van der Waals surface area contributed by atoms with E-state index >= 15 is 0 Å². The Hall–Kier alpha value is -4.07. The lowest BCUT2D eigenvalue weighted by Crippen LogP contribution is -2.28. The van der Waals surface area contributed by atoms with Gasteiger partial charge >= 0.3 is 0 Å². The van der Waals surface area contributed by atoms with E-state index in [9.17, 15) is 9.59 Å². The number of carbonyl (C=O) groups is 1. The summed E-state index contributed by atoms with van der Waals surface area (Å²) in [6, 6.07) is 12.5. The number of anilines is 1. The molecule has 150 valence electrons. The van der Waals surface area contributed by atoms with E-state index in [0.29, 0.717) is 23.3 Å². The van der Waals surface area contributed by atoms with E-state index in [1.165, 1.54) is 10.9 Å². The van der Waals surface area contributed by atoms with Crippen LogP contribution in [0.25, 0.3) is 10.9 Å². The minimum atomic E-state index is -0.404. The minimum Gasteiger partial charge on any atom is -0.485 e. The Kier molecular flexibility index (Phi) is 5.47. The van der Waals surface area contributed by atoms with Crippen molar-refractivity contribution in [2.45, 2.75) is 20.1 Å². The van der Waals surface area contributed by atoms with Crippen LogP contribution in [-0.4, -0.2) is 25.4 Å². The second-order valence-electron chi connectivity index (χ2n) is 6.69. The summed E-state index contributed by atoms with van der Waals surface area (Å²) in [5.41, 5.74) is 2.21. The Labute approximate surface area is 172 Å². The molecule has 4 rings (SSSR count). The molecule has 4 aromatic rings. The van der Waals surface area contributed by atoms with Gasteiger partial charge in [-0.15, -0.1) is 0 Å². The van der Waals surface area contributed by atoms with Gasteiger partial charge in [0.25, 0.3) is 5.56 Å². The first-order valence-corrected chi connectivity index (χ1v) is 9.33. The maximum absolute atomic E-state index is 12.7. The highest BCUT2D eigenvalue weighted by molar-refractivity contribution is 5.91. The maximum atomic E-state index is 12.7. The molecule has 0 unspecified atom stereocenters. The van der Waals surface area contributed by atoms with E-state index in [0.717, 1.165) is 11.1 Å². The summed E-state index contributed by atoms with van der Waals surface area (Å²) in [6.07, 6.45) is 6.31. The number of hydrogen-bond donors (Lipinski definition) is 1. The van der Waals surface area contributed by atoms with E-state index in [-0.39, 0.29) is 17.9 Å². The van der Waals surface area contributed by atoms with Crippen LogP contribution in [0.1, 0.15) is 11.1 Å². The van der Waals surface area contributed by atoms with Crippen molar-refractivity contribution in [1.82, 2.24) is 19.5 Å². The predicted molar refractivity (Wildman–Crippen MR) is 112 cm³/mol. The molecule has 0 aliphatic carbocycles. The number of nitrogens with one attached hydrogen (secondary N) is 1. The SMILES string of the molecule is Cc1cccc2c(=O)n(CC(=O)Nc3ncccc3OCc3ccncc3)cnc12. The Morgan fingerprint density at radius 2 is 1.90 bits per heavy atom. The number of rotatable bonds is 6. The third-order valence-electron chi connectivity index (χ3n) is 4.54. The molecule has 3 aromatic heterocycles. The molecular weight excluding hydrogens is 382 g/mol. The Bertz CT molecular complexity index is 1250. The Balaban J connectivity index is 1.49. The first-order valence-electron chi connectivity index (χ1n) is 9.33. The molecule has 0 saturated heterocycles. The first-order chi connectivity index (χ1) is 14.6. The maximum Gasteiger partial charge on any atom is 0.261 e. The van der Waals surface area contributed by atoms with Gasteiger partial charge in [0, 0.05) is 18.6 Å². The van der Waals surface area contributed by atoms with Crippen molar-refractivity contribution in [3.8, 4) is 5.75 Å². The second kappa shape index (κ2) is 8.52. The number of aromatic nitrogens is 4. The molecule has 0 fully saturated rings. The summed E-state index contributed by atoms with van der Waals surface area (Å²) in [4.78, 5) is 37.7. The standard InChI is InChI=1S/C22H19N5O3/c1-15-4-2-5-17-20(15)25-14-27(22(17)29)12-19(28)26-21-18(6-3-9-24-21)30-13-16-7-10-23-11-8-16/h2-11,14H,12-13H2,1H3,(H,24,26,28). The van der Waals surface area contributed by atoms with Crippen LogP contribution < -0.4 is 15.6 Å². The summed E-state index contributed by atoms with van der Waals surface area (Å²) in [6.45, 7) is 2.01. The quantitative estimate of drug-likeness (QED) is 0.533. The molecule has 1 N–H and O–H groups in total. The van der Waals surface area contributed by atoms with Crippen LogP contribution in [0.5, 0.6) is 5.75 Å². The van der Waals surface area contributed by atoms with Gasteiger partial charge in [-0.1, -0.05) is 12.1 Å². The van der Waals surface area contributed by atoms with Crippen LogP contribution in [0.2, 0.25) is 0 Å². The third-order valence-corrected chi connectivity index (χ3v) is 4.54. The van der Waals surface area contributed by atoms with Gasteiger partial charge in [0.1, 0.15) is 13.2 Å². The van der Waals surface area contributed by atoms with Crippen LogP contribution in [0.15, 0.2) is 72.2 Å². The van der Waals surface area contributed by atoms with E-state index in [4.69, 9.17) is 4.74 Å². The second-order valence-corrected chi connectivity index (χ2v) is 6.69. The summed E-state index contributed by atoms with van der Waals surface area (Å²) in [5.74, 6) is 0.315. The van der Waals surface area contributed by atoms with Crippen molar-refractivity contribution in [2.24, 2.45) is 0 Å². The number of aryl methyl sites for hydroxylation is 1. The molecule has 8 heteroatoms. The zero-order valence-corrected chi connectivity index (χ0v) is 16.3. The monoisotopic (exact) mass is 401 g/mol. The molecule has 0 spiro atoms. The fourth-order valence-corrected chi connectivity index (χ4v) is 3.02. The largest absolute Gasteiger partial charge is 0.485 e. The smallest absolute Gasteiger partial charge is 0.261 e. The lowest BCUT2D eigenvalue weighted by atomic mass is 10.1. The summed E-state index contributed by atoms with van der Waals surface area (Å²) in [5, 5.41) is 3.18. The van der Waals surface area contributed by atoms with Crippen molar-refractivity contribution >= 4 is 22.6 Å². The number of nitrogens with zero attached hydrogens (tertiary/aromatic N) is 4. The van der Waals surface area contributed by atoms with Crippen molar-refractivity contribution < 1.29 is 9.53 Å². The molecule has 0 bridgehead atoms. The Morgan fingerprint density at radius 1 is 1.07 bits per heavy atom. The van der Waals surface area contributed by atoms with Gasteiger partial charge < -0.3 is 10.1 Å². The average Bonchev–Trinajstić information content (AvgIpc) is 2.76. The van der Waals surface area contributed by atoms with Crippen molar-refractivity contribution in [3.05, 3.63) is 88.9 Å². The zero-order chi connectivity index (χ0) is 20.9. The van der Waals surface area contributed by atoms with Gasteiger partial charge in [0.2, 0.25) is 5.91 Å². The van der Waals surface area contributed by atoms with Crippen LogP contribution in [0.4, 0.5) is 5.82 Å². The van der Waals surface area contributed by atoms with E-state index < -0.39 is 5.91 Å². The van der Waals surface area contributed by atoms with Crippen molar-refractivity contribution in [3.63, 3.8) is 0 Å². The van der Waals surface area contributed by atoms with Crippen molar-refractivity contribution in [1.29, 1.82) is 0 Å². The van der Waals surface area contributed by atoms with Gasteiger partial charge in [-0.25, -0.2) is 9.97 Å². The van der Waals surface area contributed by atoms with Gasteiger partial charge in [-0.2, -0.15) is 0 Å². The van der Waals surface area contributed by atoms with Crippen LogP contribution in [-0.2, 0) is 17.9 Å². The highest BCUT2D eigenvalue weighted by Crippen LogP contribution is 2.22. The lowest BCUT2D eigenvalue weighted by molar-refractivity contribution is -0.116. The fourth-order valence-electron chi connectivity index (χ4n) is 3.02. The number of para-hydroxylation sites is 1. The molecule has 0 saturated carbocycles.